The van der Waals surface area contributed by atoms with Crippen molar-refractivity contribution in [2.75, 3.05) is 31.8 Å². The number of phenolic OH excluding ortho intramolecular Hbond substituents is 1. The summed E-state index contributed by atoms with van der Waals surface area (Å²) < 4.78 is 71.6. The lowest BCUT2D eigenvalue weighted by atomic mass is 9.70. The molecule has 0 aliphatic carbocycles. The van der Waals surface area contributed by atoms with Crippen molar-refractivity contribution in [2.24, 2.45) is 5.41 Å². The van der Waals surface area contributed by atoms with Crippen LogP contribution in [0.1, 0.15) is 87.4 Å². The molecule has 4 rings (SSSR count). The Morgan fingerprint density at radius 3 is 2.22 bits per heavy atom. The summed E-state index contributed by atoms with van der Waals surface area (Å²) in [6.45, 7) is 3.18. The molecule has 0 saturated carbocycles. The summed E-state index contributed by atoms with van der Waals surface area (Å²) in [4.78, 5) is 26.4. The van der Waals surface area contributed by atoms with Gasteiger partial charge in [-0.1, -0.05) is 82.0 Å². The number of nitrogens with one attached hydrogen (secondary N) is 2. The highest BCUT2D eigenvalue weighted by atomic mass is 32.2. The van der Waals surface area contributed by atoms with E-state index in [1.54, 1.807) is 6.07 Å². The van der Waals surface area contributed by atoms with Gasteiger partial charge in [0.05, 0.1) is 23.5 Å². The van der Waals surface area contributed by atoms with Gasteiger partial charge in [0.25, 0.3) is 16.0 Å². The molecule has 2 amide bonds. The average Bonchev–Trinajstić information content (AvgIpc) is 3.19. The predicted molar refractivity (Wildman–Crippen MR) is 193 cm³/mol. The summed E-state index contributed by atoms with van der Waals surface area (Å²) in [6.07, 6.45) is 5.94. The fraction of sp³-hybridized carbons (Fsp3) is 0.459. The molecule has 1 aliphatic heterocycles. The first-order valence-electron chi connectivity index (χ1n) is 17.1. The summed E-state index contributed by atoms with van der Waals surface area (Å²) in [5.41, 5.74) is 1.45. The first-order chi connectivity index (χ1) is 24.2. The van der Waals surface area contributed by atoms with E-state index >= 15 is 0 Å². The van der Waals surface area contributed by atoms with E-state index in [1.165, 1.54) is 37.4 Å². The Balaban J connectivity index is 1.66. The minimum Gasteiger partial charge on any atom is -0.508 e. The predicted octanol–water partition coefficient (Wildman–Crippen LogP) is 5.32. The van der Waals surface area contributed by atoms with Crippen LogP contribution in [0.25, 0.3) is 0 Å². The van der Waals surface area contributed by atoms with Gasteiger partial charge in [-0.05, 0) is 59.6 Å². The summed E-state index contributed by atoms with van der Waals surface area (Å²) in [6, 6.07) is 17.1. The largest absolute Gasteiger partial charge is 0.508 e. The molecule has 0 bridgehead atoms. The third-order valence-corrected chi connectivity index (χ3v) is 12.0. The lowest BCUT2D eigenvalue weighted by molar-refractivity contribution is -0.130. The van der Waals surface area contributed by atoms with Crippen molar-refractivity contribution in [2.45, 2.75) is 75.6 Å². The zero-order valence-corrected chi connectivity index (χ0v) is 30.9. The van der Waals surface area contributed by atoms with Crippen molar-refractivity contribution in [3.63, 3.8) is 0 Å². The number of hydrogen-bond donors (Lipinski definition) is 4. The van der Waals surface area contributed by atoms with Crippen LogP contribution in [0, 0.1) is 5.41 Å². The van der Waals surface area contributed by atoms with Crippen LogP contribution in [0.5, 0.6) is 17.2 Å². The molecule has 12 nitrogen and oxygen atoms in total. The van der Waals surface area contributed by atoms with E-state index in [4.69, 9.17) is 14.0 Å². The van der Waals surface area contributed by atoms with E-state index in [2.05, 4.69) is 24.5 Å². The standard InChI is InChI=1S/C37H48N2O10S2/c1-4-6-17-37(18-7-5-2)23-30(26-11-9-8-10-12-26)29-21-31(48-3)32(22-33(29)50(43,44)25-37)49-24-34(41)39-35(27-13-15-28(40)16-14-27)36(42)38-19-20-51(45,46)47/h8-16,21-22,30,35,40H,4-7,17-20,23-25H2,1-3H3,(H,38,42)(H,39,41)(H,45,46,47)/t30?,35-/m1/s1. The Bertz CT molecular complexity index is 1860. The number of carbonyl (C=O) groups excluding carboxylic acids is 2. The number of amides is 2. The van der Waals surface area contributed by atoms with Crippen LogP contribution in [-0.4, -0.2) is 70.1 Å². The first-order valence-corrected chi connectivity index (χ1v) is 20.4. The molecule has 278 valence electrons. The number of ether oxygens (including phenoxy) is 2. The molecule has 1 unspecified atom stereocenters. The number of carbonyl (C=O) groups is 2. The average molecular weight is 745 g/mol. The van der Waals surface area contributed by atoms with Crippen molar-refractivity contribution >= 4 is 31.8 Å². The van der Waals surface area contributed by atoms with Crippen LogP contribution in [0.3, 0.4) is 0 Å². The minimum absolute atomic E-state index is 0.0103. The zero-order valence-electron chi connectivity index (χ0n) is 29.3. The summed E-state index contributed by atoms with van der Waals surface area (Å²) in [7, 11) is -6.75. The Labute approximate surface area is 300 Å². The number of unbranched alkanes of at least 4 members (excludes halogenated alkanes) is 2. The van der Waals surface area contributed by atoms with E-state index < -0.39 is 62.1 Å². The summed E-state index contributed by atoms with van der Waals surface area (Å²) in [5.74, 6) is -2.30. The van der Waals surface area contributed by atoms with Gasteiger partial charge in [0.2, 0.25) is 5.91 Å². The number of fused-ring (bicyclic) bond motifs is 1. The van der Waals surface area contributed by atoms with Gasteiger partial charge in [0, 0.05) is 18.5 Å². The van der Waals surface area contributed by atoms with Crippen LogP contribution >= 0.6 is 0 Å². The van der Waals surface area contributed by atoms with Gasteiger partial charge in [0.15, 0.2) is 27.9 Å². The summed E-state index contributed by atoms with van der Waals surface area (Å²) >= 11 is 0. The van der Waals surface area contributed by atoms with Crippen LogP contribution in [0.2, 0.25) is 0 Å². The monoisotopic (exact) mass is 744 g/mol. The van der Waals surface area contributed by atoms with Crippen LogP contribution in [0.15, 0.2) is 71.6 Å². The molecule has 2 atom stereocenters. The molecule has 14 heteroatoms. The van der Waals surface area contributed by atoms with Gasteiger partial charge in [-0.3, -0.25) is 14.1 Å². The van der Waals surface area contributed by atoms with Crippen molar-refractivity contribution in [1.29, 1.82) is 0 Å². The van der Waals surface area contributed by atoms with Gasteiger partial charge >= 0.3 is 0 Å². The number of rotatable bonds is 17. The maximum absolute atomic E-state index is 14.4. The Kier molecular flexibility index (Phi) is 13.5. The van der Waals surface area contributed by atoms with E-state index in [-0.39, 0.29) is 39.4 Å². The van der Waals surface area contributed by atoms with E-state index in [9.17, 15) is 31.5 Å². The number of hydrogen-bond acceptors (Lipinski definition) is 9. The quantitative estimate of drug-likeness (QED) is 0.132. The third kappa shape index (κ3) is 10.7. The number of phenols is 1. The van der Waals surface area contributed by atoms with Gasteiger partial charge in [0.1, 0.15) is 11.8 Å². The van der Waals surface area contributed by atoms with Crippen molar-refractivity contribution in [3.05, 3.63) is 83.4 Å². The number of benzene rings is 3. The Hall–Kier alpha value is -4.14. The second kappa shape index (κ2) is 17.4. The molecule has 51 heavy (non-hydrogen) atoms. The molecular weight excluding hydrogens is 697 g/mol. The van der Waals surface area contributed by atoms with Crippen molar-refractivity contribution < 1.29 is 45.6 Å². The SMILES string of the molecule is CCCCC1(CCCC)CC(c2ccccc2)c2cc(OC)c(OCC(=O)N[C@@H](C(=O)NCCS(=O)(=O)O)c3ccc(O)cc3)cc2S(=O)(=O)C1. The van der Waals surface area contributed by atoms with Crippen LogP contribution in [-0.2, 0) is 29.5 Å². The molecule has 1 heterocycles. The lowest BCUT2D eigenvalue weighted by Crippen LogP contribution is -2.43. The highest BCUT2D eigenvalue weighted by Crippen LogP contribution is 2.51. The molecular formula is C37H48N2O10S2. The molecule has 0 spiro atoms. The lowest BCUT2D eigenvalue weighted by Gasteiger charge is -2.35. The highest BCUT2D eigenvalue weighted by Gasteiger charge is 2.43. The van der Waals surface area contributed by atoms with E-state index in [0.29, 0.717) is 12.0 Å². The molecule has 1 aliphatic rings. The maximum Gasteiger partial charge on any atom is 0.266 e. The number of methoxy groups -OCH3 is 1. The zero-order chi connectivity index (χ0) is 37.2. The summed E-state index contributed by atoms with van der Waals surface area (Å²) in [5, 5.41) is 14.6. The first kappa shape index (κ1) is 39.6. The van der Waals surface area contributed by atoms with Crippen LogP contribution < -0.4 is 20.1 Å². The van der Waals surface area contributed by atoms with Gasteiger partial charge in [-0.15, -0.1) is 0 Å². The minimum atomic E-state index is -4.35. The topological polar surface area (TPSA) is 185 Å². The molecule has 0 aromatic heterocycles. The van der Waals surface area contributed by atoms with Crippen molar-refractivity contribution in [1.82, 2.24) is 10.6 Å². The molecule has 0 fully saturated rings. The Morgan fingerprint density at radius 2 is 1.63 bits per heavy atom. The second-order valence-electron chi connectivity index (χ2n) is 13.1. The fourth-order valence-corrected chi connectivity index (χ4v) is 9.31. The molecule has 3 aromatic rings. The van der Waals surface area contributed by atoms with E-state index in [0.717, 1.165) is 44.1 Å². The van der Waals surface area contributed by atoms with Gasteiger partial charge in [-0.25, -0.2) is 8.42 Å². The molecule has 0 radical (unpaired) electrons. The molecule has 4 N–H and O–H groups in total. The number of sulfone groups is 1. The van der Waals surface area contributed by atoms with Gasteiger partial charge < -0.3 is 25.2 Å². The normalized spacial score (nSPS) is 17.0. The highest BCUT2D eigenvalue weighted by molar-refractivity contribution is 7.91. The number of aromatic hydroxyl groups is 1. The maximum atomic E-state index is 14.4. The fourth-order valence-electron chi connectivity index (χ4n) is 6.73. The Morgan fingerprint density at radius 1 is 0.980 bits per heavy atom. The van der Waals surface area contributed by atoms with Gasteiger partial charge in [-0.2, -0.15) is 8.42 Å². The second-order valence-corrected chi connectivity index (χ2v) is 16.7. The third-order valence-electron chi connectivity index (χ3n) is 9.28. The molecule has 3 aromatic carbocycles. The smallest absolute Gasteiger partial charge is 0.266 e. The van der Waals surface area contributed by atoms with E-state index in [1.807, 2.05) is 30.3 Å². The van der Waals surface area contributed by atoms with Crippen molar-refractivity contribution in [3.8, 4) is 17.2 Å². The molecule has 0 saturated heterocycles. The van der Waals surface area contributed by atoms with Crippen LogP contribution in [0.4, 0.5) is 0 Å².